The van der Waals surface area contributed by atoms with E-state index >= 15 is 0 Å². The second kappa shape index (κ2) is 6.74. The van der Waals surface area contributed by atoms with Crippen LogP contribution < -0.4 is 5.73 Å². The Balaban J connectivity index is 2.46. The predicted octanol–water partition coefficient (Wildman–Crippen LogP) is 1.51. The summed E-state index contributed by atoms with van der Waals surface area (Å²) in [7, 11) is 0. The van der Waals surface area contributed by atoms with Crippen LogP contribution in [0.5, 0.6) is 0 Å². The summed E-state index contributed by atoms with van der Waals surface area (Å²) >= 11 is 0. The molecule has 0 atom stereocenters. The minimum atomic E-state index is 0.180. The van der Waals surface area contributed by atoms with Crippen LogP contribution >= 0.6 is 0 Å². The SMILES string of the molecule is CCCN(CCN)C(=O)N1CCC(C)CC1. The lowest BCUT2D eigenvalue weighted by atomic mass is 9.99. The number of likely N-dealkylation sites (tertiary alicyclic amines) is 1. The van der Waals surface area contributed by atoms with Crippen LogP contribution in [-0.4, -0.2) is 48.6 Å². The zero-order chi connectivity index (χ0) is 12.0. The van der Waals surface area contributed by atoms with Gasteiger partial charge in [-0.1, -0.05) is 13.8 Å². The lowest BCUT2D eigenvalue weighted by molar-refractivity contribution is 0.135. The molecule has 0 aromatic rings. The van der Waals surface area contributed by atoms with Gasteiger partial charge in [0.15, 0.2) is 0 Å². The maximum atomic E-state index is 12.2. The Morgan fingerprint density at radius 2 is 2.00 bits per heavy atom. The molecular weight excluding hydrogens is 202 g/mol. The molecule has 0 unspecified atom stereocenters. The third-order valence-electron chi connectivity index (χ3n) is 3.22. The molecule has 0 spiro atoms. The molecule has 0 aromatic heterocycles. The van der Waals surface area contributed by atoms with Crippen molar-refractivity contribution in [3.63, 3.8) is 0 Å². The highest BCUT2D eigenvalue weighted by molar-refractivity contribution is 5.74. The van der Waals surface area contributed by atoms with Gasteiger partial charge in [0.25, 0.3) is 0 Å². The highest BCUT2D eigenvalue weighted by Crippen LogP contribution is 2.17. The van der Waals surface area contributed by atoms with Gasteiger partial charge in [-0.25, -0.2) is 4.79 Å². The second-order valence-electron chi connectivity index (χ2n) is 4.73. The largest absolute Gasteiger partial charge is 0.329 e. The first-order valence-electron chi connectivity index (χ1n) is 6.43. The zero-order valence-electron chi connectivity index (χ0n) is 10.6. The van der Waals surface area contributed by atoms with Crippen LogP contribution in [-0.2, 0) is 0 Å². The van der Waals surface area contributed by atoms with Crippen molar-refractivity contribution in [1.29, 1.82) is 0 Å². The van der Waals surface area contributed by atoms with Crippen molar-refractivity contribution in [2.75, 3.05) is 32.7 Å². The van der Waals surface area contributed by atoms with Gasteiger partial charge in [0.1, 0.15) is 0 Å². The number of piperidine rings is 1. The summed E-state index contributed by atoms with van der Waals surface area (Å²) in [4.78, 5) is 16.0. The van der Waals surface area contributed by atoms with E-state index in [4.69, 9.17) is 5.73 Å². The minimum Gasteiger partial charge on any atom is -0.329 e. The lowest BCUT2D eigenvalue weighted by Crippen LogP contribution is -2.48. The van der Waals surface area contributed by atoms with Crippen LogP contribution in [0.1, 0.15) is 33.1 Å². The Hall–Kier alpha value is -0.770. The molecule has 4 heteroatoms. The lowest BCUT2D eigenvalue weighted by Gasteiger charge is -2.34. The molecule has 0 aromatic carbocycles. The van der Waals surface area contributed by atoms with Gasteiger partial charge in [-0.05, 0) is 25.2 Å². The van der Waals surface area contributed by atoms with E-state index in [1.807, 2.05) is 9.80 Å². The fourth-order valence-corrected chi connectivity index (χ4v) is 2.13. The van der Waals surface area contributed by atoms with Crippen molar-refractivity contribution in [2.24, 2.45) is 11.7 Å². The molecule has 0 aliphatic carbocycles. The molecule has 1 rings (SSSR count). The summed E-state index contributed by atoms with van der Waals surface area (Å²) in [5.74, 6) is 0.762. The molecule has 1 aliphatic heterocycles. The molecule has 0 radical (unpaired) electrons. The molecule has 1 heterocycles. The molecule has 94 valence electrons. The molecule has 2 N–H and O–H groups in total. The Kier molecular flexibility index (Phi) is 5.60. The van der Waals surface area contributed by atoms with Gasteiger partial charge >= 0.3 is 6.03 Å². The van der Waals surface area contributed by atoms with Gasteiger partial charge in [0.2, 0.25) is 0 Å². The fourth-order valence-electron chi connectivity index (χ4n) is 2.13. The molecule has 4 nitrogen and oxygen atoms in total. The van der Waals surface area contributed by atoms with Crippen molar-refractivity contribution in [2.45, 2.75) is 33.1 Å². The van der Waals surface area contributed by atoms with Crippen LogP contribution in [0.2, 0.25) is 0 Å². The maximum Gasteiger partial charge on any atom is 0.320 e. The Bertz CT molecular complexity index is 206. The highest BCUT2D eigenvalue weighted by Gasteiger charge is 2.23. The van der Waals surface area contributed by atoms with Crippen LogP contribution in [0.4, 0.5) is 4.79 Å². The minimum absolute atomic E-state index is 0.180. The Morgan fingerprint density at radius 3 is 2.50 bits per heavy atom. The van der Waals surface area contributed by atoms with Crippen molar-refractivity contribution in [1.82, 2.24) is 9.80 Å². The number of carbonyl (C=O) groups is 1. The van der Waals surface area contributed by atoms with Gasteiger partial charge in [-0.3, -0.25) is 0 Å². The monoisotopic (exact) mass is 227 g/mol. The molecule has 2 amide bonds. The number of nitrogens with two attached hydrogens (primary N) is 1. The standard InChI is InChI=1S/C12H25N3O/c1-3-7-14(10-6-13)12(16)15-8-4-11(2)5-9-15/h11H,3-10,13H2,1-2H3. The number of carbonyl (C=O) groups excluding carboxylic acids is 1. The van der Waals surface area contributed by atoms with Crippen molar-refractivity contribution in [3.05, 3.63) is 0 Å². The summed E-state index contributed by atoms with van der Waals surface area (Å²) in [6.45, 7) is 8.22. The third kappa shape index (κ3) is 3.67. The molecule has 1 saturated heterocycles. The number of hydrogen-bond acceptors (Lipinski definition) is 2. The summed E-state index contributed by atoms with van der Waals surface area (Å²) in [6.07, 6.45) is 3.26. The Morgan fingerprint density at radius 1 is 1.38 bits per heavy atom. The van der Waals surface area contributed by atoms with E-state index in [0.717, 1.165) is 44.8 Å². The van der Waals surface area contributed by atoms with E-state index in [9.17, 15) is 4.79 Å². The summed E-state index contributed by atoms with van der Waals surface area (Å²) in [5, 5.41) is 0. The van der Waals surface area contributed by atoms with E-state index in [0.29, 0.717) is 13.1 Å². The van der Waals surface area contributed by atoms with Gasteiger partial charge in [0.05, 0.1) is 0 Å². The van der Waals surface area contributed by atoms with Gasteiger partial charge in [0, 0.05) is 32.7 Å². The average Bonchev–Trinajstić information content (AvgIpc) is 2.29. The van der Waals surface area contributed by atoms with Crippen LogP contribution in [0.15, 0.2) is 0 Å². The summed E-state index contributed by atoms with van der Waals surface area (Å²) in [5.41, 5.74) is 5.54. The normalized spacial score (nSPS) is 17.6. The molecular formula is C12H25N3O. The first kappa shape index (κ1) is 13.3. The highest BCUT2D eigenvalue weighted by atomic mass is 16.2. The van der Waals surface area contributed by atoms with E-state index < -0.39 is 0 Å². The molecule has 0 bridgehead atoms. The number of urea groups is 1. The van der Waals surface area contributed by atoms with Crippen molar-refractivity contribution in [3.8, 4) is 0 Å². The van der Waals surface area contributed by atoms with Crippen molar-refractivity contribution >= 4 is 6.03 Å². The van der Waals surface area contributed by atoms with Gasteiger partial charge in [-0.2, -0.15) is 0 Å². The molecule has 1 fully saturated rings. The quantitative estimate of drug-likeness (QED) is 0.791. The Labute approximate surface area is 98.8 Å². The molecule has 0 saturated carbocycles. The average molecular weight is 227 g/mol. The van der Waals surface area contributed by atoms with E-state index in [-0.39, 0.29) is 6.03 Å². The number of rotatable bonds is 4. The topological polar surface area (TPSA) is 49.6 Å². The van der Waals surface area contributed by atoms with Crippen LogP contribution in [0, 0.1) is 5.92 Å². The predicted molar refractivity (Wildman–Crippen MR) is 66.3 cm³/mol. The van der Waals surface area contributed by atoms with Crippen molar-refractivity contribution < 1.29 is 4.79 Å². The van der Waals surface area contributed by atoms with E-state index in [2.05, 4.69) is 13.8 Å². The third-order valence-corrected chi connectivity index (χ3v) is 3.22. The summed E-state index contributed by atoms with van der Waals surface area (Å²) < 4.78 is 0. The molecule has 16 heavy (non-hydrogen) atoms. The maximum absolute atomic E-state index is 12.2. The van der Waals surface area contributed by atoms with Gasteiger partial charge < -0.3 is 15.5 Å². The fraction of sp³-hybridized carbons (Fsp3) is 0.917. The van der Waals surface area contributed by atoms with Crippen LogP contribution in [0.3, 0.4) is 0 Å². The van der Waals surface area contributed by atoms with E-state index in [1.165, 1.54) is 0 Å². The molecule has 1 aliphatic rings. The van der Waals surface area contributed by atoms with E-state index in [1.54, 1.807) is 0 Å². The van der Waals surface area contributed by atoms with Crippen LogP contribution in [0.25, 0.3) is 0 Å². The smallest absolute Gasteiger partial charge is 0.320 e. The number of hydrogen-bond donors (Lipinski definition) is 1. The number of amides is 2. The first-order valence-corrected chi connectivity index (χ1v) is 6.43. The number of nitrogens with zero attached hydrogens (tertiary/aromatic N) is 2. The second-order valence-corrected chi connectivity index (χ2v) is 4.73. The summed E-state index contributed by atoms with van der Waals surface area (Å²) in [6, 6.07) is 0.180. The first-order chi connectivity index (χ1) is 7.69. The zero-order valence-corrected chi connectivity index (χ0v) is 10.6. The van der Waals surface area contributed by atoms with Gasteiger partial charge in [-0.15, -0.1) is 0 Å².